The van der Waals surface area contributed by atoms with Crippen molar-refractivity contribution in [2.75, 3.05) is 13.1 Å². The predicted molar refractivity (Wildman–Crippen MR) is 71.5 cm³/mol. The first-order chi connectivity index (χ1) is 9.31. The number of benzene rings is 1. The number of piperidine rings is 1. The van der Waals surface area contributed by atoms with Crippen LogP contribution in [-0.2, 0) is 0 Å². The molecule has 1 aromatic heterocycles. The van der Waals surface area contributed by atoms with E-state index in [0.29, 0.717) is 11.8 Å². The molecule has 0 amide bonds. The topological polar surface area (TPSA) is 59.3 Å². The molecule has 1 aliphatic heterocycles. The minimum absolute atomic E-state index is 0.234. The molecule has 100 valence electrons. The normalized spacial score (nSPS) is 16.4. The van der Waals surface area contributed by atoms with Crippen molar-refractivity contribution in [1.29, 1.82) is 0 Å². The van der Waals surface area contributed by atoms with Gasteiger partial charge in [-0.1, -0.05) is 0 Å². The summed E-state index contributed by atoms with van der Waals surface area (Å²) in [6, 6.07) is 7.13. The van der Waals surface area contributed by atoms with Gasteiger partial charge >= 0.3 is 0 Å². The molecule has 2 heterocycles. The number of aromatic hydroxyl groups is 1. The van der Waals surface area contributed by atoms with Crippen molar-refractivity contribution in [3.05, 3.63) is 36.7 Å². The SMILES string of the molecule is Oc1ccc(Oc2cnn(C3CCNCC3)c2)cc1. The van der Waals surface area contributed by atoms with Crippen molar-refractivity contribution in [3.63, 3.8) is 0 Å². The highest BCUT2D eigenvalue weighted by molar-refractivity contribution is 5.33. The lowest BCUT2D eigenvalue weighted by Gasteiger charge is -2.22. The van der Waals surface area contributed by atoms with Crippen molar-refractivity contribution in [2.24, 2.45) is 0 Å². The Labute approximate surface area is 111 Å². The van der Waals surface area contributed by atoms with Gasteiger partial charge in [-0.2, -0.15) is 5.10 Å². The van der Waals surface area contributed by atoms with E-state index in [1.807, 2.05) is 10.9 Å². The molecule has 0 spiro atoms. The second-order valence-electron chi connectivity index (χ2n) is 4.73. The lowest BCUT2D eigenvalue weighted by molar-refractivity contribution is 0.342. The third kappa shape index (κ3) is 2.88. The average Bonchev–Trinajstić information content (AvgIpc) is 2.91. The molecule has 2 aromatic rings. The molecule has 5 heteroatoms. The third-order valence-electron chi connectivity index (χ3n) is 3.33. The summed E-state index contributed by atoms with van der Waals surface area (Å²) in [6.07, 6.45) is 5.86. The van der Waals surface area contributed by atoms with Crippen LogP contribution in [0.15, 0.2) is 36.7 Å². The van der Waals surface area contributed by atoms with Gasteiger partial charge in [0.2, 0.25) is 0 Å². The van der Waals surface area contributed by atoms with Crippen molar-refractivity contribution in [2.45, 2.75) is 18.9 Å². The van der Waals surface area contributed by atoms with Gasteiger partial charge in [0.15, 0.2) is 5.75 Å². The molecule has 0 aliphatic carbocycles. The van der Waals surface area contributed by atoms with Crippen LogP contribution in [0.5, 0.6) is 17.2 Å². The minimum atomic E-state index is 0.234. The highest BCUT2D eigenvalue weighted by Gasteiger charge is 2.16. The number of aromatic nitrogens is 2. The van der Waals surface area contributed by atoms with E-state index in [1.165, 1.54) is 0 Å². The first-order valence-electron chi connectivity index (χ1n) is 6.53. The molecule has 0 unspecified atom stereocenters. The molecule has 5 nitrogen and oxygen atoms in total. The zero-order valence-corrected chi connectivity index (χ0v) is 10.6. The number of nitrogens with one attached hydrogen (secondary N) is 1. The summed E-state index contributed by atoms with van der Waals surface area (Å²) in [5, 5.41) is 16.9. The van der Waals surface area contributed by atoms with E-state index in [2.05, 4.69) is 10.4 Å². The number of nitrogens with zero attached hydrogens (tertiary/aromatic N) is 2. The van der Waals surface area contributed by atoms with Crippen molar-refractivity contribution in [1.82, 2.24) is 15.1 Å². The van der Waals surface area contributed by atoms with Crippen LogP contribution in [-0.4, -0.2) is 28.0 Å². The second kappa shape index (κ2) is 5.32. The quantitative estimate of drug-likeness (QED) is 0.888. The number of phenolic OH excluding ortho intramolecular Hbond substituents is 1. The van der Waals surface area contributed by atoms with Gasteiger partial charge in [0.05, 0.1) is 18.4 Å². The summed E-state index contributed by atoms with van der Waals surface area (Å²) in [5.41, 5.74) is 0. The standard InChI is InChI=1S/C14H17N3O2/c18-12-1-3-13(4-2-12)19-14-9-16-17(10-14)11-5-7-15-8-6-11/h1-4,9-11,15,18H,5-8H2. The number of rotatable bonds is 3. The zero-order valence-electron chi connectivity index (χ0n) is 10.6. The Morgan fingerprint density at radius 3 is 2.63 bits per heavy atom. The average molecular weight is 259 g/mol. The van der Waals surface area contributed by atoms with Crippen molar-refractivity contribution < 1.29 is 9.84 Å². The van der Waals surface area contributed by atoms with Gasteiger partial charge in [-0.25, -0.2) is 0 Å². The third-order valence-corrected chi connectivity index (χ3v) is 3.33. The summed E-state index contributed by atoms with van der Waals surface area (Å²) < 4.78 is 7.68. The summed E-state index contributed by atoms with van der Waals surface area (Å²) in [5.74, 6) is 1.66. The second-order valence-corrected chi connectivity index (χ2v) is 4.73. The molecule has 0 bridgehead atoms. The van der Waals surface area contributed by atoms with E-state index >= 15 is 0 Å². The van der Waals surface area contributed by atoms with Crippen LogP contribution in [0.2, 0.25) is 0 Å². The first kappa shape index (κ1) is 12.0. The fourth-order valence-electron chi connectivity index (χ4n) is 2.29. The van der Waals surface area contributed by atoms with Crippen molar-refractivity contribution in [3.8, 4) is 17.2 Å². The lowest BCUT2D eigenvalue weighted by atomic mass is 10.1. The summed E-state index contributed by atoms with van der Waals surface area (Å²) in [4.78, 5) is 0. The molecular formula is C14H17N3O2. The smallest absolute Gasteiger partial charge is 0.165 e. The Morgan fingerprint density at radius 1 is 1.16 bits per heavy atom. The minimum Gasteiger partial charge on any atom is -0.508 e. The van der Waals surface area contributed by atoms with E-state index in [-0.39, 0.29) is 5.75 Å². The summed E-state index contributed by atoms with van der Waals surface area (Å²) >= 11 is 0. The van der Waals surface area contributed by atoms with E-state index in [4.69, 9.17) is 4.74 Å². The van der Waals surface area contributed by atoms with E-state index in [9.17, 15) is 5.11 Å². The molecule has 0 radical (unpaired) electrons. The highest BCUT2D eigenvalue weighted by Crippen LogP contribution is 2.25. The van der Waals surface area contributed by atoms with Gasteiger partial charge in [0.25, 0.3) is 0 Å². The van der Waals surface area contributed by atoms with E-state index < -0.39 is 0 Å². The van der Waals surface area contributed by atoms with Crippen LogP contribution in [0.1, 0.15) is 18.9 Å². The van der Waals surface area contributed by atoms with Gasteiger partial charge in [-0.05, 0) is 50.2 Å². The van der Waals surface area contributed by atoms with Gasteiger partial charge in [-0.3, -0.25) is 4.68 Å². The zero-order chi connectivity index (χ0) is 13.1. The molecule has 2 N–H and O–H groups in total. The molecule has 3 rings (SSSR count). The Bertz CT molecular complexity index is 530. The van der Waals surface area contributed by atoms with E-state index in [0.717, 1.165) is 31.7 Å². The van der Waals surface area contributed by atoms with Gasteiger partial charge in [0, 0.05) is 0 Å². The molecule has 0 saturated carbocycles. The molecule has 0 atom stereocenters. The lowest BCUT2D eigenvalue weighted by Crippen LogP contribution is -2.29. The van der Waals surface area contributed by atoms with Crippen LogP contribution in [0.3, 0.4) is 0 Å². The van der Waals surface area contributed by atoms with Crippen LogP contribution >= 0.6 is 0 Å². The summed E-state index contributed by atoms with van der Waals surface area (Å²) in [7, 11) is 0. The maximum Gasteiger partial charge on any atom is 0.165 e. The summed E-state index contributed by atoms with van der Waals surface area (Å²) in [6.45, 7) is 2.08. The molecule has 19 heavy (non-hydrogen) atoms. The maximum absolute atomic E-state index is 9.22. The first-order valence-corrected chi connectivity index (χ1v) is 6.53. The largest absolute Gasteiger partial charge is 0.508 e. The predicted octanol–water partition coefficient (Wildman–Crippen LogP) is 2.31. The molecule has 1 aliphatic rings. The molecule has 1 aromatic carbocycles. The molecule has 1 saturated heterocycles. The maximum atomic E-state index is 9.22. The molecule has 1 fully saturated rings. The Kier molecular flexibility index (Phi) is 3.37. The number of ether oxygens (including phenoxy) is 1. The molecular weight excluding hydrogens is 242 g/mol. The van der Waals surface area contributed by atoms with Crippen LogP contribution in [0.4, 0.5) is 0 Å². The fraction of sp³-hybridized carbons (Fsp3) is 0.357. The monoisotopic (exact) mass is 259 g/mol. The Morgan fingerprint density at radius 2 is 1.89 bits per heavy atom. The van der Waals surface area contributed by atoms with Crippen LogP contribution < -0.4 is 10.1 Å². The van der Waals surface area contributed by atoms with Crippen molar-refractivity contribution >= 4 is 0 Å². The number of hydrogen-bond donors (Lipinski definition) is 2. The van der Waals surface area contributed by atoms with Crippen LogP contribution in [0, 0.1) is 0 Å². The Hall–Kier alpha value is -2.01. The number of phenols is 1. The fourth-order valence-corrected chi connectivity index (χ4v) is 2.29. The Balaban J connectivity index is 1.68. The van der Waals surface area contributed by atoms with E-state index in [1.54, 1.807) is 30.5 Å². The van der Waals surface area contributed by atoms with Gasteiger partial charge in [0.1, 0.15) is 11.5 Å². The highest BCUT2D eigenvalue weighted by atomic mass is 16.5. The van der Waals surface area contributed by atoms with Gasteiger partial charge < -0.3 is 15.2 Å². The van der Waals surface area contributed by atoms with Crippen LogP contribution in [0.25, 0.3) is 0 Å². The van der Waals surface area contributed by atoms with Gasteiger partial charge in [-0.15, -0.1) is 0 Å². The number of hydrogen-bond acceptors (Lipinski definition) is 4.